The predicted molar refractivity (Wildman–Crippen MR) is 35.0 cm³/mol. The molecule has 0 aromatic heterocycles. The molecule has 9 heavy (non-hydrogen) atoms. The molecule has 0 saturated heterocycles. The average molecular weight is 126 g/mol. The van der Waals surface area contributed by atoms with Crippen molar-refractivity contribution in [2.24, 2.45) is 5.92 Å². The quantitative estimate of drug-likeness (QED) is 0.319. The highest BCUT2D eigenvalue weighted by Crippen LogP contribution is 1.90. The second-order valence-electron chi connectivity index (χ2n) is 1.69. The van der Waals surface area contributed by atoms with Crippen molar-refractivity contribution >= 4 is 12.6 Å². The van der Waals surface area contributed by atoms with Gasteiger partial charge in [-0.15, -0.1) is 0 Å². The standard InChI is InChI=1S/C7H10O2/c1-2-3-4-7(5-8)6-9/h3-7H,2H2,1H3. The fourth-order valence-electron chi connectivity index (χ4n) is 0.416. The molecule has 0 unspecified atom stereocenters. The molecule has 0 aliphatic rings. The lowest BCUT2D eigenvalue weighted by molar-refractivity contribution is -0.117. The van der Waals surface area contributed by atoms with Gasteiger partial charge in [-0.3, -0.25) is 0 Å². The summed E-state index contributed by atoms with van der Waals surface area (Å²) < 4.78 is 0. The lowest BCUT2D eigenvalue weighted by Gasteiger charge is -1.87. The largest absolute Gasteiger partial charge is 0.302 e. The fraction of sp³-hybridized carbons (Fsp3) is 0.429. The summed E-state index contributed by atoms with van der Waals surface area (Å²) in [5.41, 5.74) is 0. The first-order valence-corrected chi connectivity index (χ1v) is 2.92. The van der Waals surface area contributed by atoms with E-state index in [0.717, 1.165) is 6.42 Å². The zero-order valence-corrected chi connectivity index (χ0v) is 5.41. The predicted octanol–water partition coefficient (Wildman–Crippen LogP) is 0.967. The zero-order chi connectivity index (χ0) is 7.11. The number of aldehydes is 2. The van der Waals surface area contributed by atoms with Gasteiger partial charge in [0.05, 0.1) is 5.92 Å². The fourth-order valence-corrected chi connectivity index (χ4v) is 0.416. The van der Waals surface area contributed by atoms with Crippen LogP contribution in [0.25, 0.3) is 0 Å². The molecular weight excluding hydrogens is 116 g/mol. The monoisotopic (exact) mass is 126 g/mol. The van der Waals surface area contributed by atoms with Gasteiger partial charge in [-0.1, -0.05) is 19.1 Å². The first-order valence-electron chi connectivity index (χ1n) is 2.92. The topological polar surface area (TPSA) is 34.1 Å². The van der Waals surface area contributed by atoms with Gasteiger partial charge < -0.3 is 9.59 Å². The van der Waals surface area contributed by atoms with E-state index in [1.54, 1.807) is 12.2 Å². The van der Waals surface area contributed by atoms with Gasteiger partial charge in [0.25, 0.3) is 0 Å². The minimum atomic E-state index is -0.537. The normalized spacial score (nSPS) is 10.4. The highest BCUT2D eigenvalue weighted by molar-refractivity contribution is 5.79. The van der Waals surface area contributed by atoms with Crippen molar-refractivity contribution in [1.29, 1.82) is 0 Å². The molecule has 0 radical (unpaired) electrons. The molecule has 0 spiro atoms. The molecule has 0 aromatic rings. The Hall–Kier alpha value is -0.920. The van der Waals surface area contributed by atoms with Crippen LogP contribution in [0.5, 0.6) is 0 Å². The second-order valence-corrected chi connectivity index (χ2v) is 1.69. The Bertz CT molecular complexity index is 108. The maximum atomic E-state index is 9.96. The number of hydrogen-bond acceptors (Lipinski definition) is 2. The number of rotatable bonds is 4. The summed E-state index contributed by atoms with van der Waals surface area (Å²) in [6.07, 6.45) is 5.50. The van der Waals surface area contributed by atoms with E-state index >= 15 is 0 Å². The van der Waals surface area contributed by atoms with Crippen molar-refractivity contribution in [3.8, 4) is 0 Å². The van der Waals surface area contributed by atoms with Crippen molar-refractivity contribution in [3.05, 3.63) is 12.2 Å². The van der Waals surface area contributed by atoms with Gasteiger partial charge in [-0.2, -0.15) is 0 Å². The Balaban J connectivity index is 3.67. The van der Waals surface area contributed by atoms with Gasteiger partial charge in [0.2, 0.25) is 0 Å². The van der Waals surface area contributed by atoms with Crippen LogP contribution in [0.15, 0.2) is 12.2 Å². The van der Waals surface area contributed by atoms with Gasteiger partial charge in [0.15, 0.2) is 0 Å². The van der Waals surface area contributed by atoms with E-state index in [1.807, 2.05) is 6.92 Å². The van der Waals surface area contributed by atoms with Crippen molar-refractivity contribution in [2.45, 2.75) is 13.3 Å². The summed E-state index contributed by atoms with van der Waals surface area (Å²) in [5, 5.41) is 0. The van der Waals surface area contributed by atoms with E-state index in [9.17, 15) is 9.59 Å². The summed E-state index contributed by atoms with van der Waals surface area (Å²) in [7, 11) is 0. The van der Waals surface area contributed by atoms with Gasteiger partial charge >= 0.3 is 0 Å². The molecule has 0 bridgehead atoms. The summed E-state index contributed by atoms with van der Waals surface area (Å²) in [5.74, 6) is -0.537. The summed E-state index contributed by atoms with van der Waals surface area (Å²) in [6, 6.07) is 0. The van der Waals surface area contributed by atoms with E-state index in [4.69, 9.17) is 0 Å². The van der Waals surface area contributed by atoms with Crippen LogP contribution < -0.4 is 0 Å². The zero-order valence-electron chi connectivity index (χ0n) is 5.41. The molecule has 50 valence electrons. The molecule has 0 fully saturated rings. The Morgan fingerprint density at radius 1 is 1.33 bits per heavy atom. The van der Waals surface area contributed by atoms with Crippen molar-refractivity contribution in [1.82, 2.24) is 0 Å². The van der Waals surface area contributed by atoms with Gasteiger partial charge in [-0.25, -0.2) is 0 Å². The first kappa shape index (κ1) is 8.08. The number of allylic oxidation sites excluding steroid dienone is 2. The van der Waals surface area contributed by atoms with Crippen LogP contribution in [-0.4, -0.2) is 12.6 Å². The number of carbonyl (C=O) groups excluding carboxylic acids is 2. The Morgan fingerprint density at radius 3 is 2.22 bits per heavy atom. The van der Waals surface area contributed by atoms with Crippen LogP contribution in [0, 0.1) is 5.92 Å². The molecule has 0 rings (SSSR count). The van der Waals surface area contributed by atoms with Crippen LogP contribution in [0.3, 0.4) is 0 Å². The molecular formula is C7H10O2. The molecule has 0 aliphatic heterocycles. The maximum Gasteiger partial charge on any atom is 0.133 e. The molecule has 0 amide bonds. The van der Waals surface area contributed by atoms with Crippen LogP contribution in [0.2, 0.25) is 0 Å². The molecule has 2 nitrogen and oxygen atoms in total. The van der Waals surface area contributed by atoms with Crippen molar-refractivity contribution in [3.63, 3.8) is 0 Å². The van der Waals surface area contributed by atoms with Gasteiger partial charge in [0.1, 0.15) is 12.6 Å². The molecule has 0 aliphatic carbocycles. The molecule has 0 aromatic carbocycles. The minimum Gasteiger partial charge on any atom is -0.302 e. The third-order valence-electron chi connectivity index (χ3n) is 0.908. The van der Waals surface area contributed by atoms with Gasteiger partial charge in [0, 0.05) is 0 Å². The third kappa shape index (κ3) is 3.64. The van der Waals surface area contributed by atoms with Crippen molar-refractivity contribution in [2.75, 3.05) is 0 Å². The van der Waals surface area contributed by atoms with Gasteiger partial charge in [-0.05, 0) is 6.42 Å². The lowest BCUT2D eigenvalue weighted by Crippen LogP contribution is -1.97. The number of hydrogen-bond donors (Lipinski definition) is 0. The molecule has 0 saturated carbocycles. The SMILES string of the molecule is CCC=CC(C=O)C=O. The second kappa shape index (κ2) is 5.22. The van der Waals surface area contributed by atoms with E-state index < -0.39 is 5.92 Å². The summed E-state index contributed by atoms with van der Waals surface area (Å²) in [4.78, 5) is 19.9. The van der Waals surface area contributed by atoms with E-state index in [0.29, 0.717) is 12.6 Å². The summed E-state index contributed by atoms with van der Waals surface area (Å²) in [6.45, 7) is 1.95. The van der Waals surface area contributed by atoms with Crippen LogP contribution in [-0.2, 0) is 9.59 Å². The summed E-state index contributed by atoms with van der Waals surface area (Å²) >= 11 is 0. The maximum absolute atomic E-state index is 9.96. The molecule has 0 N–H and O–H groups in total. The van der Waals surface area contributed by atoms with Crippen LogP contribution in [0.1, 0.15) is 13.3 Å². The van der Waals surface area contributed by atoms with Crippen LogP contribution in [0.4, 0.5) is 0 Å². The highest BCUT2D eigenvalue weighted by atomic mass is 16.1. The van der Waals surface area contributed by atoms with Crippen molar-refractivity contribution < 1.29 is 9.59 Å². The number of carbonyl (C=O) groups is 2. The lowest BCUT2D eigenvalue weighted by atomic mass is 10.2. The first-order chi connectivity index (χ1) is 4.35. The van der Waals surface area contributed by atoms with Crippen LogP contribution >= 0.6 is 0 Å². The molecule has 0 heterocycles. The van der Waals surface area contributed by atoms with E-state index in [-0.39, 0.29) is 0 Å². The Kier molecular flexibility index (Phi) is 4.69. The highest BCUT2D eigenvalue weighted by Gasteiger charge is 1.95. The molecule has 0 atom stereocenters. The smallest absolute Gasteiger partial charge is 0.133 e. The Labute approximate surface area is 54.6 Å². The third-order valence-corrected chi connectivity index (χ3v) is 0.908. The van der Waals surface area contributed by atoms with E-state index in [2.05, 4.69) is 0 Å². The molecule has 2 heteroatoms. The minimum absolute atomic E-state index is 0.537. The average Bonchev–Trinajstić information content (AvgIpc) is 1.91. The van der Waals surface area contributed by atoms with E-state index in [1.165, 1.54) is 0 Å². The Morgan fingerprint density at radius 2 is 1.89 bits per heavy atom.